The summed E-state index contributed by atoms with van der Waals surface area (Å²) < 4.78 is 0. The number of thiazole rings is 1. The molecule has 2 rings (SSSR count). The number of rotatable bonds is 6. The van der Waals surface area contributed by atoms with Crippen LogP contribution in [-0.4, -0.2) is 23.3 Å². The van der Waals surface area contributed by atoms with Gasteiger partial charge in [-0.25, -0.2) is 4.98 Å². The van der Waals surface area contributed by atoms with Gasteiger partial charge in [0.15, 0.2) is 10.8 Å². The number of hydrogen-bond donors (Lipinski definition) is 3. The molecule has 112 valence electrons. The molecule has 2 aromatic rings. The maximum atomic E-state index is 12.0. The molecule has 21 heavy (non-hydrogen) atoms. The molecule has 0 aliphatic carbocycles. The van der Waals surface area contributed by atoms with Crippen LogP contribution in [0.1, 0.15) is 34.0 Å². The predicted molar refractivity (Wildman–Crippen MR) is 86.2 cm³/mol. The number of amides is 2. The summed E-state index contributed by atoms with van der Waals surface area (Å²) in [4.78, 5) is 28.2. The first kappa shape index (κ1) is 15.5. The predicted octanol–water partition coefficient (Wildman–Crippen LogP) is 2.62. The van der Waals surface area contributed by atoms with Gasteiger partial charge < -0.3 is 16.4 Å². The molecule has 0 aromatic carbocycles. The minimum Gasteiger partial charge on any atom is -0.364 e. The summed E-state index contributed by atoms with van der Waals surface area (Å²) in [5.74, 6) is -0.494. The lowest BCUT2D eigenvalue weighted by Gasteiger charge is -2.04. The van der Waals surface area contributed by atoms with Crippen LogP contribution in [0.4, 0.5) is 10.1 Å². The van der Waals surface area contributed by atoms with Crippen LogP contribution >= 0.6 is 22.7 Å². The largest absolute Gasteiger partial charge is 0.364 e. The van der Waals surface area contributed by atoms with Gasteiger partial charge in [-0.3, -0.25) is 9.59 Å². The summed E-state index contributed by atoms with van der Waals surface area (Å²) in [5, 5.41) is 8.56. The van der Waals surface area contributed by atoms with Crippen molar-refractivity contribution in [2.75, 3.05) is 17.2 Å². The number of nitrogens with zero attached hydrogens (tertiary/aromatic N) is 1. The van der Waals surface area contributed by atoms with Crippen molar-refractivity contribution in [3.63, 3.8) is 0 Å². The lowest BCUT2D eigenvalue weighted by molar-refractivity contribution is 0.0997. The minimum absolute atomic E-state index is 0.0798. The normalized spacial score (nSPS) is 10.6. The van der Waals surface area contributed by atoms with Crippen molar-refractivity contribution >= 4 is 44.6 Å². The Morgan fingerprint density at radius 2 is 2.19 bits per heavy atom. The number of nitrogens with two attached hydrogens (primary N) is 1. The first-order chi connectivity index (χ1) is 9.97. The topological polar surface area (TPSA) is 97.1 Å². The molecule has 0 fully saturated rings. The molecule has 4 N–H and O–H groups in total. The fourth-order valence-electron chi connectivity index (χ4n) is 1.51. The molecule has 0 aliphatic heterocycles. The maximum absolute atomic E-state index is 12.0. The Labute approximate surface area is 130 Å². The van der Waals surface area contributed by atoms with Gasteiger partial charge in [0.05, 0.1) is 4.88 Å². The second-order valence-corrected chi connectivity index (χ2v) is 6.71. The average molecular weight is 324 g/mol. The Balaban J connectivity index is 2.17. The molecule has 0 unspecified atom stereocenters. The van der Waals surface area contributed by atoms with Crippen LogP contribution in [0, 0.1) is 5.92 Å². The number of nitrogens with one attached hydrogen (secondary N) is 2. The van der Waals surface area contributed by atoms with Gasteiger partial charge in [-0.05, 0) is 17.4 Å². The van der Waals surface area contributed by atoms with E-state index in [4.69, 9.17) is 5.73 Å². The van der Waals surface area contributed by atoms with Crippen LogP contribution < -0.4 is 16.4 Å². The molecule has 0 atom stereocenters. The Bertz CT molecular complexity index is 635. The van der Waals surface area contributed by atoms with Crippen molar-refractivity contribution in [1.29, 1.82) is 0 Å². The highest BCUT2D eigenvalue weighted by Crippen LogP contribution is 2.29. The Morgan fingerprint density at radius 1 is 1.43 bits per heavy atom. The van der Waals surface area contributed by atoms with Gasteiger partial charge in [-0.1, -0.05) is 31.3 Å². The Kier molecular flexibility index (Phi) is 4.92. The number of primary amides is 1. The molecule has 2 amide bonds. The SMILES string of the molecule is CC(C)CNc1nc(C(N)=O)c(NC(=O)c2cccs2)s1. The van der Waals surface area contributed by atoms with Crippen LogP contribution in [0.15, 0.2) is 17.5 Å². The van der Waals surface area contributed by atoms with E-state index >= 15 is 0 Å². The number of anilines is 2. The molecule has 0 spiro atoms. The van der Waals surface area contributed by atoms with Crippen molar-refractivity contribution in [3.05, 3.63) is 28.1 Å². The zero-order valence-corrected chi connectivity index (χ0v) is 13.3. The van der Waals surface area contributed by atoms with Crippen LogP contribution in [0.2, 0.25) is 0 Å². The highest BCUT2D eigenvalue weighted by atomic mass is 32.1. The van der Waals surface area contributed by atoms with E-state index in [1.807, 2.05) is 5.38 Å². The van der Waals surface area contributed by atoms with E-state index in [0.29, 0.717) is 20.9 Å². The average Bonchev–Trinajstić information content (AvgIpc) is 3.05. The zero-order valence-electron chi connectivity index (χ0n) is 11.7. The quantitative estimate of drug-likeness (QED) is 0.761. The highest BCUT2D eigenvalue weighted by molar-refractivity contribution is 7.20. The van der Waals surface area contributed by atoms with E-state index in [0.717, 1.165) is 6.54 Å². The first-order valence-electron chi connectivity index (χ1n) is 6.36. The summed E-state index contributed by atoms with van der Waals surface area (Å²) in [7, 11) is 0. The second kappa shape index (κ2) is 6.68. The summed E-state index contributed by atoms with van der Waals surface area (Å²) >= 11 is 2.53. The Hall–Kier alpha value is -1.93. The zero-order chi connectivity index (χ0) is 15.4. The number of aromatic nitrogens is 1. The Morgan fingerprint density at radius 3 is 2.76 bits per heavy atom. The van der Waals surface area contributed by atoms with Gasteiger partial charge in [0.25, 0.3) is 11.8 Å². The third kappa shape index (κ3) is 4.02. The molecular weight excluding hydrogens is 308 g/mol. The van der Waals surface area contributed by atoms with E-state index in [1.165, 1.54) is 22.7 Å². The second-order valence-electron chi connectivity index (χ2n) is 4.77. The summed E-state index contributed by atoms with van der Waals surface area (Å²) in [6.45, 7) is 4.86. The van der Waals surface area contributed by atoms with E-state index in [-0.39, 0.29) is 11.6 Å². The molecule has 0 radical (unpaired) electrons. The highest BCUT2D eigenvalue weighted by Gasteiger charge is 2.19. The third-order valence-electron chi connectivity index (χ3n) is 2.49. The van der Waals surface area contributed by atoms with Crippen molar-refractivity contribution < 1.29 is 9.59 Å². The van der Waals surface area contributed by atoms with Crippen LogP contribution in [0.3, 0.4) is 0 Å². The van der Waals surface area contributed by atoms with Crippen molar-refractivity contribution in [2.45, 2.75) is 13.8 Å². The monoisotopic (exact) mass is 324 g/mol. The molecular formula is C13H16N4O2S2. The molecule has 6 nitrogen and oxygen atoms in total. The minimum atomic E-state index is -0.662. The number of carbonyl (C=O) groups is 2. The van der Waals surface area contributed by atoms with E-state index in [1.54, 1.807) is 12.1 Å². The molecule has 8 heteroatoms. The van der Waals surface area contributed by atoms with Crippen LogP contribution in [0.5, 0.6) is 0 Å². The maximum Gasteiger partial charge on any atom is 0.270 e. The molecule has 0 saturated carbocycles. The van der Waals surface area contributed by atoms with Gasteiger partial charge >= 0.3 is 0 Å². The van der Waals surface area contributed by atoms with Crippen molar-refractivity contribution in [3.8, 4) is 0 Å². The lowest BCUT2D eigenvalue weighted by Crippen LogP contribution is -2.17. The molecule has 0 saturated heterocycles. The summed E-state index contributed by atoms with van der Waals surface area (Å²) in [6, 6.07) is 3.50. The molecule has 0 aliphatic rings. The molecule has 2 aromatic heterocycles. The van der Waals surface area contributed by atoms with Crippen molar-refractivity contribution in [1.82, 2.24) is 4.98 Å². The van der Waals surface area contributed by atoms with Crippen LogP contribution in [0.25, 0.3) is 0 Å². The van der Waals surface area contributed by atoms with Gasteiger partial charge in [0, 0.05) is 6.54 Å². The fraction of sp³-hybridized carbons (Fsp3) is 0.308. The summed E-state index contributed by atoms with van der Waals surface area (Å²) in [6.07, 6.45) is 0. The number of thiophene rings is 1. The molecule has 0 bridgehead atoms. The first-order valence-corrected chi connectivity index (χ1v) is 8.06. The fourth-order valence-corrected chi connectivity index (χ4v) is 3.00. The third-order valence-corrected chi connectivity index (χ3v) is 4.29. The smallest absolute Gasteiger partial charge is 0.270 e. The van der Waals surface area contributed by atoms with Gasteiger partial charge in [0.2, 0.25) is 0 Å². The number of carbonyl (C=O) groups excluding carboxylic acids is 2. The van der Waals surface area contributed by atoms with Crippen LogP contribution in [-0.2, 0) is 0 Å². The summed E-state index contributed by atoms with van der Waals surface area (Å²) in [5.41, 5.74) is 5.39. The van der Waals surface area contributed by atoms with Crippen molar-refractivity contribution in [2.24, 2.45) is 11.7 Å². The standard InChI is InChI=1S/C13H16N4O2S2/c1-7(2)6-15-13-16-9(10(14)18)12(21-13)17-11(19)8-4-3-5-20-8/h3-5,7H,6H2,1-2H3,(H2,14,18)(H,15,16)(H,17,19). The van der Waals surface area contributed by atoms with Gasteiger partial charge in [-0.15, -0.1) is 11.3 Å². The van der Waals surface area contributed by atoms with Gasteiger partial charge in [0.1, 0.15) is 5.00 Å². The lowest BCUT2D eigenvalue weighted by atomic mass is 10.2. The van der Waals surface area contributed by atoms with E-state index < -0.39 is 5.91 Å². The number of hydrogen-bond acceptors (Lipinski definition) is 6. The van der Waals surface area contributed by atoms with Gasteiger partial charge in [-0.2, -0.15) is 0 Å². The van der Waals surface area contributed by atoms with E-state index in [9.17, 15) is 9.59 Å². The van der Waals surface area contributed by atoms with E-state index in [2.05, 4.69) is 29.5 Å². The molecule has 2 heterocycles.